The first-order valence-corrected chi connectivity index (χ1v) is 9.11. The molecule has 0 bridgehead atoms. The summed E-state index contributed by atoms with van der Waals surface area (Å²) in [4.78, 5) is 0. The fourth-order valence-electron chi connectivity index (χ4n) is 3.09. The number of ether oxygens (including phenoxy) is 2. The molecule has 1 aliphatic rings. The van der Waals surface area contributed by atoms with Crippen LogP contribution in [0.1, 0.15) is 90.9 Å². The van der Waals surface area contributed by atoms with Gasteiger partial charge in [0.2, 0.25) is 0 Å². The maximum absolute atomic E-state index is 5.75. The van der Waals surface area contributed by atoms with E-state index >= 15 is 0 Å². The summed E-state index contributed by atoms with van der Waals surface area (Å²) < 4.78 is 11.5. The quantitative estimate of drug-likeness (QED) is 0.404. The Balaban J connectivity index is 2.13. The second kappa shape index (κ2) is 12.6. The van der Waals surface area contributed by atoms with E-state index in [0.717, 1.165) is 13.2 Å². The van der Waals surface area contributed by atoms with Crippen LogP contribution in [-0.4, -0.2) is 19.5 Å². The van der Waals surface area contributed by atoms with E-state index in [1.807, 2.05) is 0 Å². The van der Waals surface area contributed by atoms with E-state index in [1.165, 1.54) is 77.0 Å². The molecule has 1 saturated heterocycles. The van der Waals surface area contributed by atoms with E-state index in [4.69, 9.17) is 9.47 Å². The van der Waals surface area contributed by atoms with Gasteiger partial charge in [-0.3, -0.25) is 0 Å². The Morgan fingerprint density at radius 2 is 1.15 bits per heavy atom. The SMILES string of the molecule is CCCCCCCCC(CCCCCC)C1OCCO1. The maximum Gasteiger partial charge on any atom is 0.160 e. The Bertz CT molecular complexity index is 200. The van der Waals surface area contributed by atoms with Crippen molar-refractivity contribution in [1.29, 1.82) is 0 Å². The van der Waals surface area contributed by atoms with Crippen LogP contribution in [0.4, 0.5) is 0 Å². The molecule has 0 aromatic carbocycles. The number of hydrogen-bond acceptors (Lipinski definition) is 2. The molecule has 20 heavy (non-hydrogen) atoms. The maximum atomic E-state index is 5.75. The van der Waals surface area contributed by atoms with Crippen LogP contribution in [-0.2, 0) is 9.47 Å². The molecule has 0 aliphatic carbocycles. The van der Waals surface area contributed by atoms with Gasteiger partial charge in [0.15, 0.2) is 6.29 Å². The van der Waals surface area contributed by atoms with Crippen LogP contribution in [0, 0.1) is 5.92 Å². The van der Waals surface area contributed by atoms with E-state index in [2.05, 4.69) is 13.8 Å². The highest BCUT2D eigenvalue weighted by Gasteiger charge is 2.25. The molecule has 2 heteroatoms. The fraction of sp³-hybridized carbons (Fsp3) is 1.00. The zero-order valence-corrected chi connectivity index (χ0v) is 13.9. The topological polar surface area (TPSA) is 18.5 Å². The molecule has 1 rings (SSSR count). The summed E-state index contributed by atoms with van der Waals surface area (Å²) in [5.41, 5.74) is 0. The highest BCUT2D eigenvalue weighted by Crippen LogP contribution is 2.26. The monoisotopic (exact) mass is 284 g/mol. The van der Waals surface area contributed by atoms with Crippen LogP contribution in [0.2, 0.25) is 0 Å². The molecule has 0 N–H and O–H groups in total. The first-order valence-electron chi connectivity index (χ1n) is 9.11. The van der Waals surface area contributed by atoms with Crippen LogP contribution in [0.3, 0.4) is 0 Å². The van der Waals surface area contributed by atoms with Crippen molar-refractivity contribution in [2.45, 2.75) is 97.2 Å². The summed E-state index contributed by atoms with van der Waals surface area (Å²) in [6.45, 7) is 6.15. The number of unbranched alkanes of at least 4 members (excludes halogenated alkanes) is 8. The Labute approximate surface area is 126 Å². The van der Waals surface area contributed by atoms with E-state index < -0.39 is 0 Å². The first kappa shape index (κ1) is 18.0. The summed E-state index contributed by atoms with van der Waals surface area (Å²) in [5, 5.41) is 0. The molecular formula is C18H36O2. The molecular weight excluding hydrogens is 248 g/mol. The van der Waals surface area contributed by atoms with Gasteiger partial charge in [0.05, 0.1) is 13.2 Å². The van der Waals surface area contributed by atoms with Crippen LogP contribution >= 0.6 is 0 Å². The molecule has 1 aliphatic heterocycles. The minimum absolute atomic E-state index is 0.104. The lowest BCUT2D eigenvalue weighted by Gasteiger charge is -2.22. The Morgan fingerprint density at radius 3 is 1.70 bits per heavy atom. The van der Waals surface area contributed by atoms with Gasteiger partial charge in [-0.1, -0.05) is 78.1 Å². The minimum atomic E-state index is 0.104. The van der Waals surface area contributed by atoms with E-state index in [-0.39, 0.29) is 6.29 Å². The largest absolute Gasteiger partial charge is 0.350 e. The third-order valence-corrected chi connectivity index (χ3v) is 4.39. The summed E-state index contributed by atoms with van der Waals surface area (Å²) >= 11 is 0. The molecule has 0 aromatic rings. The van der Waals surface area contributed by atoms with Crippen molar-refractivity contribution >= 4 is 0 Å². The van der Waals surface area contributed by atoms with Gasteiger partial charge in [-0.15, -0.1) is 0 Å². The predicted molar refractivity (Wildman–Crippen MR) is 85.9 cm³/mol. The summed E-state index contributed by atoms with van der Waals surface area (Å²) in [6.07, 6.45) is 16.4. The standard InChI is InChI=1S/C18H36O2/c1-3-5-7-9-10-12-14-17(13-11-8-6-4-2)18-19-15-16-20-18/h17-18H,3-16H2,1-2H3. The number of hydrogen-bond donors (Lipinski definition) is 0. The average molecular weight is 284 g/mol. The molecule has 0 radical (unpaired) electrons. The van der Waals surface area contributed by atoms with Crippen molar-refractivity contribution in [3.8, 4) is 0 Å². The van der Waals surface area contributed by atoms with Crippen molar-refractivity contribution in [2.24, 2.45) is 5.92 Å². The summed E-state index contributed by atoms with van der Waals surface area (Å²) in [5.74, 6) is 0.639. The van der Waals surface area contributed by atoms with Crippen LogP contribution < -0.4 is 0 Å². The molecule has 0 spiro atoms. The predicted octanol–water partition coefficient (Wildman–Crippen LogP) is 5.70. The van der Waals surface area contributed by atoms with Crippen molar-refractivity contribution in [3.05, 3.63) is 0 Å². The van der Waals surface area contributed by atoms with Gasteiger partial charge in [0, 0.05) is 5.92 Å². The Morgan fingerprint density at radius 1 is 0.700 bits per heavy atom. The average Bonchev–Trinajstić information content (AvgIpc) is 2.99. The zero-order chi connectivity index (χ0) is 14.5. The van der Waals surface area contributed by atoms with Crippen molar-refractivity contribution in [3.63, 3.8) is 0 Å². The molecule has 1 fully saturated rings. The summed E-state index contributed by atoms with van der Waals surface area (Å²) in [6, 6.07) is 0. The van der Waals surface area contributed by atoms with Gasteiger partial charge in [0.1, 0.15) is 0 Å². The lowest BCUT2D eigenvalue weighted by Crippen LogP contribution is -2.21. The third-order valence-electron chi connectivity index (χ3n) is 4.39. The normalized spacial score (nSPS) is 17.7. The smallest absolute Gasteiger partial charge is 0.160 e. The van der Waals surface area contributed by atoms with Gasteiger partial charge in [-0.25, -0.2) is 0 Å². The van der Waals surface area contributed by atoms with E-state index in [0.29, 0.717) is 5.92 Å². The molecule has 2 nitrogen and oxygen atoms in total. The van der Waals surface area contributed by atoms with Gasteiger partial charge in [0.25, 0.3) is 0 Å². The van der Waals surface area contributed by atoms with Crippen molar-refractivity contribution in [1.82, 2.24) is 0 Å². The summed E-state index contributed by atoms with van der Waals surface area (Å²) in [7, 11) is 0. The Hall–Kier alpha value is -0.0800. The first-order chi connectivity index (χ1) is 9.88. The molecule has 0 aromatic heterocycles. The van der Waals surface area contributed by atoms with Gasteiger partial charge >= 0.3 is 0 Å². The van der Waals surface area contributed by atoms with Crippen LogP contribution in [0.25, 0.3) is 0 Å². The van der Waals surface area contributed by atoms with Crippen LogP contribution in [0.15, 0.2) is 0 Å². The lowest BCUT2D eigenvalue weighted by atomic mass is 9.93. The lowest BCUT2D eigenvalue weighted by molar-refractivity contribution is -0.0885. The minimum Gasteiger partial charge on any atom is -0.350 e. The second-order valence-electron chi connectivity index (χ2n) is 6.28. The molecule has 0 amide bonds. The van der Waals surface area contributed by atoms with Crippen molar-refractivity contribution in [2.75, 3.05) is 13.2 Å². The van der Waals surface area contributed by atoms with E-state index in [9.17, 15) is 0 Å². The molecule has 0 saturated carbocycles. The molecule has 1 unspecified atom stereocenters. The Kier molecular flexibility index (Phi) is 11.4. The third kappa shape index (κ3) is 8.26. The fourth-order valence-corrected chi connectivity index (χ4v) is 3.09. The molecule has 1 heterocycles. The zero-order valence-electron chi connectivity index (χ0n) is 13.9. The highest BCUT2D eigenvalue weighted by atomic mass is 16.7. The van der Waals surface area contributed by atoms with E-state index in [1.54, 1.807) is 0 Å². The van der Waals surface area contributed by atoms with Gasteiger partial charge in [-0.2, -0.15) is 0 Å². The second-order valence-corrected chi connectivity index (χ2v) is 6.28. The van der Waals surface area contributed by atoms with Crippen LogP contribution in [0.5, 0.6) is 0 Å². The molecule has 1 atom stereocenters. The van der Waals surface area contributed by atoms with Gasteiger partial charge < -0.3 is 9.47 Å². The number of rotatable bonds is 13. The van der Waals surface area contributed by atoms with Crippen molar-refractivity contribution < 1.29 is 9.47 Å². The molecule has 120 valence electrons. The van der Waals surface area contributed by atoms with Gasteiger partial charge in [-0.05, 0) is 12.8 Å². The highest BCUT2D eigenvalue weighted by molar-refractivity contribution is 4.67.